The molecule has 0 radical (unpaired) electrons. The molecule has 0 spiro atoms. The van der Waals surface area contributed by atoms with Gasteiger partial charge in [-0.25, -0.2) is 0 Å². The first-order valence-corrected chi connectivity index (χ1v) is 6.05. The number of rotatable bonds is 3. The van der Waals surface area contributed by atoms with E-state index in [2.05, 4.69) is 0 Å². The fourth-order valence-corrected chi connectivity index (χ4v) is 2.67. The third kappa shape index (κ3) is 2.45. The molecule has 2 N–H and O–H groups in total. The maximum atomic E-state index is 10.1. The average Bonchev–Trinajstić information content (AvgIpc) is 2.59. The van der Waals surface area contributed by atoms with Crippen LogP contribution < -0.4 is 0 Å². The molecule has 88 valence electrons. The zero-order valence-corrected chi connectivity index (χ0v) is 9.76. The number of hydrogen-bond donors (Lipinski definition) is 2. The Morgan fingerprint density at radius 3 is 2.62 bits per heavy atom. The van der Waals surface area contributed by atoms with Crippen molar-refractivity contribution in [2.45, 2.75) is 44.3 Å². The van der Waals surface area contributed by atoms with Gasteiger partial charge in [-0.15, -0.1) is 0 Å². The molecule has 1 aromatic carbocycles. The lowest BCUT2D eigenvalue weighted by atomic mass is 9.86. The zero-order valence-electron chi connectivity index (χ0n) is 9.76. The molecule has 0 aliphatic heterocycles. The van der Waals surface area contributed by atoms with Crippen molar-refractivity contribution in [3.63, 3.8) is 0 Å². The maximum Gasteiger partial charge on any atom is 0.0793 e. The Kier molecular flexibility index (Phi) is 3.31. The van der Waals surface area contributed by atoms with Gasteiger partial charge < -0.3 is 10.2 Å². The van der Waals surface area contributed by atoms with E-state index in [9.17, 15) is 10.2 Å². The summed E-state index contributed by atoms with van der Waals surface area (Å²) >= 11 is 0. The van der Waals surface area contributed by atoms with Gasteiger partial charge in [-0.05, 0) is 37.7 Å². The van der Waals surface area contributed by atoms with Gasteiger partial charge in [0.25, 0.3) is 0 Å². The highest BCUT2D eigenvalue weighted by atomic mass is 16.3. The number of benzene rings is 1. The Balaban J connectivity index is 2.00. The second kappa shape index (κ2) is 4.56. The lowest BCUT2D eigenvalue weighted by molar-refractivity contribution is -0.00175. The predicted molar refractivity (Wildman–Crippen MR) is 64.0 cm³/mol. The van der Waals surface area contributed by atoms with Gasteiger partial charge in [0, 0.05) is 0 Å². The minimum absolute atomic E-state index is 0.225. The van der Waals surface area contributed by atoms with Crippen molar-refractivity contribution < 1.29 is 10.2 Å². The molecule has 0 aromatic heterocycles. The second-order valence-corrected chi connectivity index (χ2v) is 5.11. The van der Waals surface area contributed by atoms with E-state index in [0.29, 0.717) is 6.42 Å². The Hall–Kier alpha value is -0.860. The van der Waals surface area contributed by atoms with Crippen molar-refractivity contribution in [2.75, 3.05) is 0 Å². The van der Waals surface area contributed by atoms with Crippen LogP contribution in [0.1, 0.15) is 44.3 Å². The van der Waals surface area contributed by atoms with Gasteiger partial charge in [0.15, 0.2) is 0 Å². The first-order valence-electron chi connectivity index (χ1n) is 6.05. The van der Waals surface area contributed by atoms with Crippen LogP contribution in [0.4, 0.5) is 0 Å². The summed E-state index contributed by atoms with van der Waals surface area (Å²) in [7, 11) is 0. The van der Waals surface area contributed by atoms with E-state index in [1.165, 1.54) is 0 Å². The summed E-state index contributed by atoms with van der Waals surface area (Å²) in [6.07, 6.45) is 3.17. The molecule has 0 bridgehead atoms. The van der Waals surface area contributed by atoms with Crippen molar-refractivity contribution >= 4 is 0 Å². The molecular weight excluding hydrogens is 200 g/mol. The molecule has 1 aliphatic rings. The summed E-state index contributed by atoms with van der Waals surface area (Å²) in [6, 6.07) is 9.70. The molecule has 16 heavy (non-hydrogen) atoms. The second-order valence-electron chi connectivity index (χ2n) is 5.11. The number of hydrogen-bond acceptors (Lipinski definition) is 2. The van der Waals surface area contributed by atoms with Gasteiger partial charge in [-0.1, -0.05) is 36.8 Å². The molecular formula is C14H20O2. The third-order valence-electron chi connectivity index (χ3n) is 3.81. The predicted octanol–water partition coefficient (Wildman–Crippen LogP) is 2.66. The molecule has 0 saturated heterocycles. The summed E-state index contributed by atoms with van der Waals surface area (Å²) in [5.41, 5.74) is 0.362. The molecule has 1 aliphatic carbocycles. The summed E-state index contributed by atoms with van der Waals surface area (Å²) in [6.45, 7) is 1.89. The maximum absolute atomic E-state index is 10.1. The van der Waals surface area contributed by atoms with Gasteiger partial charge in [0.05, 0.1) is 11.7 Å². The highest BCUT2D eigenvalue weighted by molar-refractivity contribution is 5.17. The molecule has 2 heteroatoms. The van der Waals surface area contributed by atoms with Crippen LogP contribution in [0.2, 0.25) is 0 Å². The first-order chi connectivity index (χ1) is 7.59. The van der Waals surface area contributed by atoms with Crippen molar-refractivity contribution in [3.05, 3.63) is 35.9 Å². The summed E-state index contributed by atoms with van der Waals surface area (Å²) in [4.78, 5) is 0. The topological polar surface area (TPSA) is 40.5 Å². The fraction of sp³-hybridized carbons (Fsp3) is 0.571. The van der Waals surface area contributed by atoms with Crippen LogP contribution in [0.5, 0.6) is 0 Å². The highest BCUT2D eigenvalue weighted by Gasteiger charge is 2.37. The van der Waals surface area contributed by atoms with Crippen LogP contribution in [0.25, 0.3) is 0 Å². The normalized spacial score (nSPS) is 31.6. The Bertz CT molecular complexity index is 332. The molecule has 0 amide bonds. The molecule has 1 aromatic rings. The standard InChI is InChI=1S/C14H20O2/c1-14(16)9-5-8-12(14)10-13(15)11-6-3-2-4-7-11/h2-4,6-7,12-13,15-16H,5,8-10H2,1H3/t12-,13?,14+/m0/s1. The van der Waals surface area contributed by atoms with Crippen LogP contribution in [0.3, 0.4) is 0 Å². The smallest absolute Gasteiger partial charge is 0.0793 e. The van der Waals surface area contributed by atoms with Crippen molar-refractivity contribution in [2.24, 2.45) is 5.92 Å². The molecule has 3 atom stereocenters. The van der Waals surface area contributed by atoms with E-state index in [-0.39, 0.29) is 5.92 Å². The monoisotopic (exact) mass is 220 g/mol. The molecule has 1 unspecified atom stereocenters. The highest BCUT2D eigenvalue weighted by Crippen LogP contribution is 2.40. The van der Waals surface area contributed by atoms with Crippen LogP contribution in [-0.4, -0.2) is 15.8 Å². The quantitative estimate of drug-likeness (QED) is 0.822. The van der Waals surface area contributed by atoms with Crippen molar-refractivity contribution in [1.82, 2.24) is 0 Å². The number of aliphatic hydroxyl groups excluding tert-OH is 1. The van der Waals surface area contributed by atoms with Gasteiger partial charge >= 0.3 is 0 Å². The Labute approximate surface area is 96.9 Å². The van der Waals surface area contributed by atoms with Crippen LogP contribution in [-0.2, 0) is 0 Å². The largest absolute Gasteiger partial charge is 0.390 e. The SMILES string of the molecule is C[C@@]1(O)CCC[C@H]1CC(O)c1ccccc1. The summed E-state index contributed by atoms with van der Waals surface area (Å²) in [5, 5.41) is 20.2. The van der Waals surface area contributed by atoms with Crippen molar-refractivity contribution in [3.8, 4) is 0 Å². The van der Waals surface area contributed by atoms with E-state index in [1.54, 1.807) is 0 Å². The van der Waals surface area contributed by atoms with Gasteiger partial charge in [-0.2, -0.15) is 0 Å². The van der Waals surface area contributed by atoms with E-state index >= 15 is 0 Å². The van der Waals surface area contributed by atoms with E-state index < -0.39 is 11.7 Å². The molecule has 2 rings (SSSR count). The molecule has 2 nitrogen and oxygen atoms in total. The van der Waals surface area contributed by atoms with Crippen molar-refractivity contribution in [1.29, 1.82) is 0 Å². The Morgan fingerprint density at radius 2 is 2.06 bits per heavy atom. The number of aliphatic hydroxyl groups is 2. The van der Waals surface area contributed by atoms with E-state index in [0.717, 1.165) is 24.8 Å². The van der Waals surface area contributed by atoms with Gasteiger partial charge in [-0.3, -0.25) is 0 Å². The van der Waals surface area contributed by atoms with Crippen LogP contribution >= 0.6 is 0 Å². The molecule has 1 saturated carbocycles. The average molecular weight is 220 g/mol. The van der Waals surface area contributed by atoms with E-state index in [4.69, 9.17) is 0 Å². The third-order valence-corrected chi connectivity index (χ3v) is 3.81. The van der Waals surface area contributed by atoms with Gasteiger partial charge in [0.2, 0.25) is 0 Å². The molecule has 1 fully saturated rings. The van der Waals surface area contributed by atoms with E-state index in [1.807, 2.05) is 37.3 Å². The van der Waals surface area contributed by atoms with Crippen LogP contribution in [0.15, 0.2) is 30.3 Å². The summed E-state index contributed by atoms with van der Waals surface area (Å²) in [5.74, 6) is 0.225. The molecule has 0 heterocycles. The minimum Gasteiger partial charge on any atom is -0.390 e. The summed E-state index contributed by atoms with van der Waals surface area (Å²) < 4.78 is 0. The first kappa shape index (κ1) is 11.6. The van der Waals surface area contributed by atoms with Gasteiger partial charge in [0.1, 0.15) is 0 Å². The minimum atomic E-state index is -0.588. The zero-order chi connectivity index (χ0) is 11.6. The van der Waals surface area contributed by atoms with Crippen LogP contribution in [0, 0.1) is 5.92 Å². The lowest BCUT2D eigenvalue weighted by Gasteiger charge is -2.27. The Morgan fingerprint density at radius 1 is 1.38 bits per heavy atom. The fourth-order valence-electron chi connectivity index (χ4n) is 2.67. The lowest BCUT2D eigenvalue weighted by Crippen LogP contribution is -2.30.